The Hall–Kier alpha value is -1.38. The molecule has 0 saturated carbocycles. The van der Waals surface area contributed by atoms with Gasteiger partial charge < -0.3 is 4.90 Å². The van der Waals surface area contributed by atoms with Gasteiger partial charge in [0.2, 0.25) is 0 Å². The quantitative estimate of drug-likeness (QED) is 0.842. The van der Waals surface area contributed by atoms with E-state index >= 15 is 0 Å². The Labute approximate surface area is 134 Å². The first-order valence-electron chi connectivity index (χ1n) is 7.26. The van der Waals surface area contributed by atoms with Crippen molar-refractivity contribution in [2.45, 2.75) is 26.3 Å². The fourth-order valence-corrected chi connectivity index (χ4v) is 2.87. The van der Waals surface area contributed by atoms with Gasteiger partial charge in [-0.1, -0.05) is 22.9 Å². The van der Waals surface area contributed by atoms with Gasteiger partial charge in [0, 0.05) is 36.2 Å². The highest BCUT2D eigenvalue weighted by Crippen LogP contribution is 2.19. The van der Waals surface area contributed by atoms with Crippen LogP contribution >= 0.6 is 15.9 Å². The second kappa shape index (κ2) is 7.06. The van der Waals surface area contributed by atoms with E-state index in [1.165, 1.54) is 0 Å². The molecule has 0 bridgehead atoms. The summed E-state index contributed by atoms with van der Waals surface area (Å²) in [6.45, 7) is 6.92. The summed E-state index contributed by atoms with van der Waals surface area (Å²) in [6.07, 6.45) is 0.830. The lowest BCUT2D eigenvalue weighted by molar-refractivity contribution is 0.0604. The molecule has 1 fully saturated rings. The first-order valence-corrected chi connectivity index (χ1v) is 8.05. The number of hydrogen-bond acceptors (Lipinski definition) is 3. The van der Waals surface area contributed by atoms with E-state index in [4.69, 9.17) is 5.26 Å². The fourth-order valence-electron chi connectivity index (χ4n) is 2.63. The van der Waals surface area contributed by atoms with Crippen molar-refractivity contribution in [3.8, 4) is 6.07 Å². The molecule has 5 heteroatoms. The molecule has 1 heterocycles. The van der Waals surface area contributed by atoms with E-state index in [-0.39, 0.29) is 11.9 Å². The summed E-state index contributed by atoms with van der Waals surface area (Å²) < 4.78 is 1.02. The summed E-state index contributed by atoms with van der Waals surface area (Å²) in [5.74, 6) is 0.0789. The van der Waals surface area contributed by atoms with Gasteiger partial charge in [-0.25, -0.2) is 0 Å². The molecule has 0 spiro atoms. The summed E-state index contributed by atoms with van der Waals surface area (Å²) in [5.41, 5.74) is 1.80. The number of aryl methyl sites for hydroxylation is 1. The number of rotatable bonds is 3. The van der Waals surface area contributed by atoms with Gasteiger partial charge in [-0.15, -0.1) is 0 Å². The molecule has 1 atom stereocenters. The number of hydrogen-bond donors (Lipinski definition) is 0. The molecule has 1 aliphatic rings. The van der Waals surface area contributed by atoms with E-state index in [0.717, 1.165) is 35.1 Å². The molecule has 1 unspecified atom stereocenters. The smallest absolute Gasteiger partial charge is 0.253 e. The highest BCUT2D eigenvalue weighted by molar-refractivity contribution is 9.10. The Morgan fingerprint density at radius 1 is 1.38 bits per heavy atom. The summed E-state index contributed by atoms with van der Waals surface area (Å²) in [4.78, 5) is 16.5. The Kier molecular flexibility index (Phi) is 5.38. The van der Waals surface area contributed by atoms with Crippen LogP contribution in [0.4, 0.5) is 0 Å². The van der Waals surface area contributed by atoms with Crippen LogP contribution in [0.5, 0.6) is 0 Å². The molecule has 4 nitrogen and oxygen atoms in total. The first kappa shape index (κ1) is 16.0. The number of nitrogens with zero attached hydrogens (tertiary/aromatic N) is 3. The van der Waals surface area contributed by atoms with E-state index in [9.17, 15) is 4.79 Å². The number of amides is 1. The molecule has 1 amide bonds. The molecule has 0 radical (unpaired) electrons. The zero-order valence-corrected chi connectivity index (χ0v) is 14.1. The van der Waals surface area contributed by atoms with Gasteiger partial charge in [0.1, 0.15) is 0 Å². The summed E-state index contributed by atoms with van der Waals surface area (Å²) in [7, 11) is 0. The van der Waals surface area contributed by atoms with Crippen LogP contribution in [-0.2, 0) is 0 Å². The van der Waals surface area contributed by atoms with Gasteiger partial charge in [0.15, 0.2) is 0 Å². The van der Waals surface area contributed by atoms with Crippen LogP contribution in [0.15, 0.2) is 22.7 Å². The molecule has 112 valence electrons. The summed E-state index contributed by atoms with van der Waals surface area (Å²) >= 11 is 3.45. The second-order valence-corrected chi connectivity index (χ2v) is 6.20. The number of carbonyl (C=O) groups is 1. The maximum Gasteiger partial charge on any atom is 0.253 e. The van der Waals surface area contributed by atoms with Crippen molar-refractivity contribution in [3.05, 3.63) is 33.8 Å². The highest BCUT2D eigenvalue weighted by Gasteiger charge is 2.25. The molecule has 21 heavy (non-hydrogen) atoms. The molecule has 2 rings (SSSR count). The van der Waals surface area contributed by atoms with E-state index in [0.29, 0.717) is 13.1 Å². The highest BCUT2D eigenvalue weighted by atomic mass is 79.9. The lowest BCUT2D eigenvalue weighted by Gasteiger charge is -2.36. The Bertz CT molecular complexity index is 559. The third-order valence-corrected chi connectivity index (χ3v) is 4.87. The molecule has 1 aromatic rings. The van der Waals surface area contributed by atoms with Crippen molar-refractivity contribution in [2.75, 3.05) is 26.2 Å². The number of benzene rings is 1. The van der Waals surface area contributed by atoms with Gasteiger partial charge >= 0.3 is 0 Å². The molecule has 0 aliphatic carbocycles. The Morgan fingerprint density at radius 2 is 2.05 bits per heavy atom. The molecule has 0 aromatic heterocycles. The van der Waals surface area contributed by atoms with Crippen LogP contribution in [-0.4, -0.2) is 47.9 Å². The maximum atomic E-state index is 12.5. The number of nitriles is 1. The topological polar surface area (TPSA) is 47.3 Å². The lowest BCUT2D eigenvalue weighted by Crippen LogP contribution is -2.51. The maximum absolute atomic E-state index is 12.5. The van der Waals surface area contributed by atoms with E-state index in [1.807, 2.05) is 36.9 Å². The Morgan fingerprint density at radius 3 is 2.57 bits per heavy atom. The summed E-state index contributed by atoms with van der Waals surface area (Å²) in [6, 6.07) is 7.99. The third kappa shape index (κ3) is 3.63. The molecule has 1 saturated heterocycles. The standard InChI is InChI=1S/C16H20BrN3O/c1-3-14(11-18)19-6-8-20(9-7-19)16(21)13-4-5-15(17)12(2)10-13/h4-5,10,14H,3,6-9H2,1-2H3. The van der Waals surface area contributed by atoms with Gasteiger partial charge in [-0.2, -0.15) is 5.26 Å². The molecular formula is C16H20BrN3O. The average Bonchev–Trinajstić information content (AvgIpc) is 2.51. The second-order valence-electron chi connectivity index (χ2n) is 5.35. The number of carbonyl (C=O) groups excluding carboxylic acids is 1. The van der Waals surface area contributed by atoms with Crippen LogP contribution in [0.3, 0.4) is 0 Å². The van der Waals surface area contributed by atoms with Gasteiger partial charge in [-0.05, 0) is 37.1 Å². The van der Waals surface area contributed by atoms with Gasteiger partial charge in [0.05, 0.1) is 12.1 Å². The number of piperazine rings is 1. The zero-order chi connectivity index (χ0) is 15.4. The largest absolute Gasteiger partial charge is 0.336 e. The van der Waals surface area contributed by atoms with Crippen LogP contribution in [0.25, 0.3) is 0 Å². The van der Waals surface area contributed by atoms with E-state index < -0.39 is 0 Å². The number of halogens is 1. The van der Waals surface area contributed by atoms with Crippen molar-refractivity contribution >= 4 is 21.8 Å². The van der Waals surface area contributed by atoms with Crippen molar-refractivity contribution < 1.29 is 4.79 Å². The van der Waals surface area contributed by atoms with Crippen molar-refractivity contribution in [1.29, 1.82) is 5.26 Å². The minimum Gasteiger partial charge on any atom is -0.336 e. The van der Waals surface area contributed by atoms with E-state index in [1.54, 1.807) is 0 Å². The van der Waals surface area contributed by atoms with Crippen molar-refractivity contribution in [1.82, 2.24) is 9.80 Å². The Balaban J connectivity index is 2.00. The normalized spacial score (nSPS) is 17.3. The van der Waals surface area contributed by atoms with Gasteiger partial charge in [0.25, 0.3) is 5.91 Å². The zero-order valence-electron chi connectivity index (χ0n) is 12.5. The minimum absolute atomic E-state index is 0.0304. The fraction of sp³-hybridized carbons (Fsp3) is 0.500. The van der Waals surface area contributed by atoms with Gasteiger partial charge in [-0.3, -0.25) is 9.69 Å². The minimum atomic E-state index is -0.0304. The molecular weight excluding hydrogens is 330 g/mol. The van der Waals surface area contributed by atoms with E-state index in [2.05, 4.69) is 26.9 Å². The SMILES string of the molecule is CCC(C#N)N1CCN(C(=O)c2ccc(Br)c(C)c2)CC1. The monoisotopic (exact) mass is 349 g/mol. The average molecular weight is 350 g/mol. The predicted octanol–water partition coefficient (Wildman–Crippen LogP) is 2.82. The van der Waals surface area contributed by atoms with Crippen LogP contribution in [0.1, 0.15) is 29.3 Å². The van der Waals surface area contributed by atoms with Crippen LogP contribution < -0.4 is 0 Å². The molecule has 1 aromatic carbocycles. The molecule has 0 N–H and O–H groups in total. The predicted molar refractivity (Wildman–Crippen MR) is 86.0 cm³/mol. The lowest BCUT2D eigenvalue weighted by atomic mass is 10.1. The third-order valence-electron chi connectivity index (χ3n) is 3.98. The first-order chi connectivity index (χ1) is 10.1. The van der Waals surface area contributed by atoms with Crippen molar-refractivity contribution in [2.24, 2.45) is 0 Å². The van der Waals surface area contributed by atoms with Crippen LogP contribution in [0.2, 0.25) is 0 Å². The molecule has 1 aliphatic heterocycles. The summed E-state index contributed by atoms with van der Waals surface area (Å²) in [5, 5.41) is 9.11. The van der Waals surface area contributed by atoms with Crippen LogP contribution in [0, 0.1) is 18.3 Å². The van der Waals surface area contributed by atoms with Crippen molar-refractivity contribution in [3.63, 3.8) is 0 Å².